The molecule has 122 valence electrons. The summed E-state index contributed by atoms with van der Waals surface area (Å²) in [6, 6.07) is 23.3. The fourth-order valence-electron chi connectivity index (χ4n) is 2.67. The Morgan fingerprint density at radius 1 is 1.04 bits per heavy atom. The fourth-order valence-corrected chi connectivity index (χ4v) is 2.67. The fraction of sp³-hybridized carbons (Fsp3) is 0.0476. The van der Waals surface area contributed by atoms with Gasteiger partial charge in [-0.25, -0.2) is 0 Å². The molecule has 0 atom stereocenters. The smallest absolute Gasteiger partial charge is 0.255 e. The largest absolute Gasteiger partial charge is 0.483 e. The molecule has 3 aromatic carbocycles. The zero-order valence-corrected chi connectivity index (χ0v) is 13.5. The summed E-state index contributed by atoms with van der Waals surface area (Å²) in [6.07, 6.45) is 1.76. The second-order valence-electron chi connectivity index (χ2n) is 5.49. The molecule has 4 heteroatoms. The highest BCUT2D eigenvalue weighted by atomic mass is 16.5. The Kier molecular flexibility index (Phi) is 4.77. The first-order chi connectivity index (χ1) is 12.2. The van der Waals surface area contributed by atoms with Gasteiger partial charge >= 0.3 is 0 Å². The van der Waals surface area contributed by atoms with Crippen LogP contribution in [0.4, 0.5) is 0 Å². The van der Waals surface area contributed by atoms with E-state index in [1.807, 2.05) is 54.6 Å². The highest BCUT2D eigenvalue weighted by Crippen LogP contribution is 2.29. The molecule has 0 aliphatic carbocycles. The summed E-state index contributed by atoms with van der Waals surface area (Å²) in [5, 5.41) is 11.8. The predicted octanol–water partition coefficient (Wildman–Crippen LogP) is 3.77. The Morgan fingerprint density at radius 2 is 1.76 bits per heavy atom. The maximum Gasteiger partial charge on any atom is 0.255 e. The number of hydrogen-bond acceptors (Lipinski definition) is 3. The van der Waals surface area contributed by atoms with Crippen molar-refractivity contribution in [2.24, 2.45) is 5.73 Å². The monoisotopic (exact) mass is 328 g/mol. The molecule has 0 saturated heterocycles. The molecule has 0 aliphatic heterocycles. The Hall–Kier alpha value is -3.58. The number of carbonyl (C=O) groups excluding carboxylic acids is 1. The molecule has 1 amide bonds. The van der Waals surface area contributed by atoms with E-state index in [1.165, 1.54) is 0 Å². The van der Waals surface area contributed by atoms with Crippen molar-refractivity contribution in [3.05, 3.63) is 77.9 Å². The van der Waals surface area contributed by atoms with Crippen LogP contribution in [0.25, 0.3) is 22.4 Å². The topological polar surface area (TPSA) is 76.1 Å². The van der Waals surface area contributed by atoms with Crippen LogP contribution in [0.5, 0.6) is 5.75 Å². The normalized spacial score (nSPS) is 11.1. The van der Waals surface area contributed by atoms with Gasteiger partial charge in [-0.15, -0.1) is 0 Å². The Bertz CT molecular complexity index is 995. The van der Waals surface area contributed by atoms with Crippen molar-refractivity contribution >= 4 is 28.3 Å². The number of nitrogens with zero attached hydrogens (tertiary/aromatic N) is 1. The zero-order valence-electron chi connectivity index (χ0n) is 13.5. The Morgan fingerprint density at radius 3 is 2.56 bits per heavy atom. The van der Waals surface area contributed by atoms with Gasteiger partial charge in [0.2, 0.25) is 0 Å². The molecule has 3 rings (SSSR count). The predicted molar refractivity (Wildman–Crippen MR) is 98.6 cm³/mol. The van der Waals surface area contributed by atoms with Crippen molar-refractivity contribution in [2.75, 3.05) is 6.61 Å². The van der Waals surface area contributed by atoms with Gasteiger partial charge in [-0.1, -0.05) is 60.7 Å². The third kappa shape index (κ3) is 3.67. The third-order valence-electron chi connectivity index (χ3n) is 3.79. The number of primary amides is 1. The van der Waals surface area contributed by atoms with Crippen LogP contribution in [-0.4, -0.2) is 12.5 Å². The van der Waals surface area contributed by atoms with Gasteiger partial charge in [0.05, 0.1) is 11.6 Å². The molecule has 3 aromatic rings. The van der Waals surface area contributed by atoms with Crippen molar-refractivity contribution < 1.29 is 9.53 Å². The van der Waals surface area contributed by atoms with E-state index < -0.39 is 5.91 Å². The maximum atomic E-state index is 11.0. The lowest BCUT2D eigenvalue weighted by molar-refractivity contribution is -0.119. The zero-order chi connectivity index (χ0) is 17.6. The van der Waals surface area contributed by atoms with Crippen LogP contribution < -0.4 is 10.5 Å². The standard InChI is InChI=1S/C21H16N2O2/c22-13-17(19-10-5-8-15-6-1-3-9-18(15)19)12-16-7-2-4-11-20(16)25-14-21(23)24/h1-12H,14H2,(H2,23,24)/b17-12-. The van der Waals surface area contributed by atoms with Crippen molar-refractivity contribution in [2.45, 2.75) is 0 Å². The van der Waals surface area contributed by atoms with Crippen LogP contribution >= 0.6 is 0 Å². The van der Waals surface area contributed by atoms with Gasteiger partial charge in [-0.2, -0.15) is 5.26 Å². The third-order valence-corrected chi connectivity index (χ3v) is 3.79. The van der Waals surface area contributed by atoms with Crippen molar-refractivity contribution in [3.63, 3.8) is 0 Å². The van der Waals surface area contributed by atoms with Gasteiger partial charge in [0.15, 0.2) is 6.61 Å². The van der Waals surface area contributed by atoms with E-state index in [4.69, 9.17) is 10.5 Å². The summed E-state index contributed by atoms with van der Waals surface area (Å²) in [5.41, 5.74) is 7.23. The minimum absolute atomic E-state index is 0.207. The highest BCUT2D eigenvalue weighted by Gasteiger charge is 2.08. The lowest BCUT2D eigenvalue weighted by atomic mass is 9.97. The number of rotatable bonds is 5. The summed E-state index contributed by atoms with van der Waals surface area (Å²) < 4.78 is 5.44. The molecule has 4 nitrogen and oxygen atoms in total. The lowest BCUT2D eigenvalue weighted by Gasteiger charge is -2.09. The second-order valence-corrected chi connectivity index (χ2v) is 5.49. The van der Waals surface area contributed by atoms with Gasteiger partial charge in [-0.05, 0) is 22.9 Å². The molecular weight excluding hydrogens is 312 g/mol. The van der Waals surface area contributed by atoms with Gasteiger partial charge < -0.3 is 10.5 Å². The first-order valence-electron chi connectivity index (χ1n) is 7.79. The lowest BCUT2D eigenvalue weighted by Crippen LogP contribution is -2.20. The SMILES string of the molecule is N#C/C(=C/c1ccccc1OCC(N)=O)c1cccc2ccccc12. The molecule has 0 aliphatic rings. The quantitative estimate of drug-likeness (QED) is 0.572. The second kappa shape index (κ2) is 7.33. The molecule has 0 spiro atoms. The summed E-state index contributed by atoms with van der Waals surface area (Å²) in [5.74, 6) is -0.0392. The van der Waals surface area contributed by atoms with E-state index in [0.717, 1.165) is 16.3 Å². The van der Waals surface area contributed by atoms with Crippen LogP contribution in [0, 0.1) is 11.3 Å². The molecule has 0 heterocycles. The number of carbonyl (C=O) groups is 1. The highest BCUT2D eigenvalue weighted by molar-refractivity contribution is 6.02. The summed E-state index contributed by atoms with van der Waals surface area (Å²) in [7, 11) is 0. The summed E-state index contributed by atoms with van der Waals surface area (Å²) in [6.45, 7) is -0.207. The van der Waals surface area contributed by atoms with Gasteiger partial charge in [0, 0.05) is 11.1 Å². The number of amides is 1. The van der Waals surface area contributed by atoms with E-state index in [1.54, 1.807) is 18.2 Å². The van der Waals surface area contributed by atoms with Crippen molar-refractivity contribution in [3.8, 4) is 11.8 Å². The molecule has 0 radical (unpaired) electrons. The molecule has 0 aromatic heterocycles. The van der Waals surface area contributed by atoms with Gasteiger partial charge in [0.25, 0.3) is 5.91 Å². The molecule has 0 fully saturated rings. The van der Waals surface area contributed by atoms with Crippen LogP contribution in [0.15, 0.2) is 66.7 Å². The minimum atomic E-state index is -0.548. The number of nitrogens with two attached hydrogens (primary N) is 1. The Balaban J connectivity index is 2.07. The minimum Gasteiger partial charge on any atom is -0.483 e. The van der Waals surface area contributed by atoms with E-state index >= 15 is 0 Å². The first kappa shape index (κ1) is 16.3. The molecule has 25 heavy (non-hydrogen) atoms. The molecule has 2 N–H and O–H groups in total. The van der Waals surface area contributed by atoms with Crippen LogP contribution in [0.2, 0.25) is 0 Å². The maximum absolute atomic E-state index is 11.0. The van der Waals surface area contributed by atoms with E-state index in [0.29, 0.717) is 16.9 Å². The molecule has 0 saturated carbocycles. The number of allylic oxidation sites excluding steroid dienone is 1. The van der Waals surface area contributed by atoms with Crippen molar-refractivity contribution in [1.29, 1.82) is 5.26 Å². The van der Waals surface area contributed by atoms with E-state index in [-0.39, 0.29) is 6.61 Å². The molecular formula is C21H16N2O2. The summed E-state index contributed by atoms with van der Waals surface area (Å²) in [4.78, 5) is 11.0. The number of nitriles is 1. The number of para-hydroxylation sites is 1. The van der Waals surface area contributed by atoms with Gasteiger partial charge in [-0.3, -0.25) is 4.79 Å². The van der Waals surface area contributed by atoms with Crippen molar-refractivity contribution in [1.82, 2.24) is 0 Å². The molecule has 0 bridgehead atoms. The summed E-state index contributed by atoms with van der Waals surface area (Å²) >= 11 is 0. The first-order valence-corrected chi connectivity index (χ1v) is 7.79. The van der Waals surface area contributed by atoms with E-state index in [2.05, 4.69) is 6.07 Å². The number of fused-ring (bicyclic) bond motifs is 1. The number of benzene rings is 3. The van der Waals surface area contributed by atoms with Gasteiger partial charge in [0.1, 0.15) is 5.75 Å². The Labute approximate surface area is 145 Å². The number of hydrogen-bond donors (Lipinski definition) is 1. The van der Waals surface area contributed by atoms with Crippen LogP contribution in [0.1, 0.15) is 11.1 Å². The van der Waals surface area contributed by atoms with E-state index in [9.17, 15) is 10.1 Å². The van der Waals surface area contributed by atoms with Crippen LogP contribution in [-0.2, 0) is 4.79 Å². The molecule has 0 unspecified atom stereocenters. The number of ether oxygens (including phenoxy) is 1. The average Bonchev–Trinajstić information content (AvgIpc) is 2.65. The van der Waals surface area contributed by atoms with Crippen LogP contribution in [0.3, 0.4) is 0 Å². The average molecular weight is 328 g/mol.